The van der Waals surface area contributed by atoms with Crippen LogP contribution in [0.2, 0.25) is 0 Å². The van der Waals surface area contributed by atoms with Gasteiger partial charge in [-0.2, -0.15) is 12.6 Å². The molecule has 0 radical (unpaired) electrons. The highest BCUT2D eigenvalue weighted by Gasteiger charge is 2.27. The molecule has 0 rings (SSSR count). The van der Waals surface area contributed by atoms with Crippen molar-refractivity contribution in [2.45, 2.75) is 32.0 Å². The van der Waals surface area contributed by atoms with Gasteiger partial charge >= 0.3 is 5.97 Å². The number of carboxylic acids is 1. The van der Waals surface area contributed by atoms with Crippen molar-refractivity contribution in [1.29, 1.82) is 0 Å². The molecule has 0 spiro atoms. The second-order valence-corrected chi connectivity index (χ2v) is 5.73. The Morgan fingerprint density at radius 1 is 1.04 bits per heavy atom. The number of carbonyl (C=O) groups excluding carboxylic acids is 3. The molecule has 0 aromatic carbocycles. The maximum atomic E-state index is 12.1. The highest BCUT2D eigenvalue weighted by atomic mass is 32.1. The van der Waals surface area contributed by atoms with Gasteiger partial charge in [0.05, 0.1) is 12.6 Å². The van der Waals surface area contributed by atoms with Gasteiger partial charge in [0.2, 0.25) is 17.7 Å². The van der Waals surface area contributed by atoms with Gasteiger partial charge in [-0.25, -0.2) is 0 Å². The van der Waals surface area contributed by atoms with Crippen LogP contribution < -0.4 is 21.7 Å². The molecule has 10 nitrogen and oxygen atoms in total. The van der Waals surface area contributed by atoms with Crippen molar-refractivity contribution in [3.63, 3.8) is 0 Å². The zero-order valence-corrected chi connectivity index (χ0v) is 14.4. The van der Waals surface area contributed by atoms with Crippen molar-refractivity contribution >= 4 is 36.3 Å². The van der Waals surface area contributed by atoms with Crippen molar-refractivity contribution in [2.75, 3.05) is 18.9 Å². The van der Waals surface area contributed by atoms with Gasteiger partial charge in [0.25, 0.3) is 0 Å². The molecule has 138 valence electrons. The number of carbonyl (C=O) groups is 4. The second-order valence-electron chi connectivity index (χ2n) is 5.37. The van der Waals surface area contributed by atoms with Gasteiger partial charge < -0.3 is 31.9 Å². The Balaban J connectivity index is 4.74. The zero-order valence-electron chi connectivity index (χ0n) is 13.5. The van der Waals surface area contributed by atoms with Gasteiger partial charge in [-0.1, -0.05) is 13.8 Å². The number of hydrogen-bond donors (Lipinski definition) is 7. The van der Waals surface area contributed by atoms with E-state index in [0.29, 0.717) is 0 Å². The number of nitrogens with two attached hydrogens (primary N) is 1. The summed E-state index contributed by atoms with van der Waals surface area (Å²) in [4.78, 5) is 46.1. The first-order chi connectivity index (χ1) is 11.1. The summed E-state index contributed by atoms with van der Waals surface area (Å²) in [6.07, 6.45) is 0. The summed E-state index contributed by atoms with van der Waals surface area (Å²) < 4.78 is 0. The van der Waals surface area contributed by atoms with Crippen LogP contribution in [0.5, 0.6) is 0 Å². The molecule has 0 bridgehead atoms. The highest BCUT2D eigenvalue weighted by molar-refractivity contribution is 7.80. The number of nitrogens with one attached hydrogen (secondary N) is 3. The van der Waals surface area contributed by atoms with E-state index in [1.165, 1.54) is 0 Å². The number of aliphatic carboxylic acids is 1. The van der Waals surface area contributed by atoms with Gasteiger partial charge in [0.1, 0.15) is 18.6 Å². The van der Waals surface area contributed by atoms with E-state index in [1.54, 1.807) is 13.8 Å². The standard InChI is InChI=1S/C13H24N4O6S/c1-6(2)10(14)13(23)16-7(4-18)12(22)17-8(5-24)11(21)15-3-9(19)20/h6-8,10,18,24H,3-5,14H2,1-2H3,(H,15,21)(H,16,23)(H,17,22)(H,19,20). The largest absolute Gasteiger partial charge is 0.480 e. The number of hydrogen-bond acceptors (Lipinski definition) is 7. The lowest BCUT2D eigenvalue weighted by Gasteiger charge is -2.23. The molecule has 0 aliphatic heterocycles. The molecule has 11 heteroatoms. The van der Waals surface area contributed by atoms with E-state index in [0.717, 1.165) is 0 Å². The summed E-state index contributed by atoms with van der Waals surface area (Å²) in [6.45, 7) is 2.14. The Labute approximate surface area is 144 Å². The molecular weight excluding hydrogens is 340 g/mol. The van der Waals surface area contributed by atoms with Crippen LogP contribution in [0.25, 0.3) is 0 Å². The average molecular weight is 364 g/mol. The lowest BCUT2D eigenvalue weighted by atomic mass is 10.0. The average Bonchev–Trinajstić information content (AvgIpc) is 2.53. The predicted octanol–water partition coefficient (Wildman–Crippen LogP) is -2.94. The summed E-state index contributed by atoms with van der Waals surface area (Å²) in [5.74, 6) is -3.68. The highest BCUT2D eigenvalue weighted by Crippen LogP contribution is 1.99. The van der Waals surface area contributed by atoms with Gasteiger partial charge in [-0.3, -0.25) is 19.2 Å². The summed E-state index contributed by atoms with van der Waals surface area (Å²) >= 11 is 3.91. The predicted molar refractivity (Wildman–Crippen MR) is 88.3 cm³/mol. The normalized spacial score (nSPS) is 14.4. The minimum atomic E-state index is -1.29. The Morgan fingerprint density at radius 2 is 1.58 bits per heavy atom. The maximum absolute atomic E-state index is 12.1. The Morgan fingerprint density at radius 3 is 2.00 bits per heavy atom. The maximum Gasteiger partial charge on any atom is 0.322 e. The number of amides is 3. The van der Waals surface area contributed by atoms with E-state index in [1.807, 2.05) is 0 Å². The summed E-state index contributed by atoms with van der Waals surface area (Å²) in [6, 6.07) is -3.27. The zero-order chi connectivity index (χ0) is 18.9. The number of thiol groups is 1. The van der Waals surface area contributed by atoms with Crippen LogP contribution in [0.1, 0.15) is 13.8 Å². The molecule has 0 aliphatic carbocycles. The first-order valence-corrected chi connectivity index (χ1v) is 7.84. The van der Waals surface area contributed by atoms with E-state index >= 15 is 0 Å². The van der Waals surface area contributed by atoms with Crippen LogP contribution in [0.3, 0.4) is 0 Å². The summed E-state index contributed by atoms with van der Waals surface area (Å²) in [5, 5.41) is 24.4. The molecule has 3 atom stereocenters. The van der Waals surface area contributed by atoms with Crippen LogP contribution in [0, 0.1) is 5.92 Å². The molecule has 0 fully saturated rings. The van der Waals surface area contributed by atoms with Crippen LogP contribution in [0.4, 0.5) is 0 Å². The number of rotatable bonds is 10. The van der Waals surface area contributed by atoms with Crippen molar-refractivity contribution in [1.82, 2.24) is 16.0 Å². The number of carboxylic acid groups (broad SMARTS) is 1. The van der Waals surface area contributed by atoms with E-state index in [-0.39, 0.29) is 11.7 Å². The van der Waals surface area contributed by atoms with Crippen LogP contribution in [-0.4, -0.2) is 70.9 Å². The van der Waals surface area contributed by atoms with Gasteiger partial charge in [0.15, 0.2) is 0 Å². The monoisotopic (exact) mass is 364 g/mol. The molecule has 0 heterocycles. The fourth-order valence-corrected chi connectivity index (χ4v) is 1.77. The van der Waals surface area contributed by atoms with Gasteiger partial charge in [-0.15, -0.1) is 0 Å². The van der Waals surface area contributed by atoms with Crippen molar-refractivity contribution in [3.8, 4) is 0 Å². The van der Waals surface area contributed by atoms with Gasteiger partial charge in [0, 0.05) is 5.75 Å². The van der Waals surface area contributed by atoms with Gasteiger partial charge in [-0.05, 0) is 5.92 Å². The Kier molecular flexibility index (Phi) is 10.0. The fourth-order valence-electron chi connectivity index (χ4n) is 1.52. The Hall–Kier alpha value is -1.85. The summed E-state index contributed by atoms with van der Waals surface area (Å²) in [7, 11) is 0. The Bertz CT molecular complexity index is 473. The molecule has 0 aliphatic rings. The van der Waals surface area contributed by atoms with Crippen LogP contribution >= 0.6 is 12.6 Å². The smallest absolute Gasteiger partial charge is 0.322 e. The summed E-state index contributed by atoms with van der Waals surface area (Å²) in [5.41, 5.74) is 5.65. The van der Waals surface area contributed by atoms with E-state index in [4.69, 9.17) is 10.8 Å². The molecular formula is C13H24N4O6S. The molecule has 0 saturated carbocycles. The molecule has 7 N–H and O–H groups in total. The van der Waals surface area contributed by atoms with E-state index in [2.05, 4.69) is 28.6 Å². The third kappa shape index (κ3) is 7.62. The quantitative estimate of drug-likeness (QED) is 0.203. The molecule has 0 aromatic heterocycles. The van der Waals surface area contributed by atoms with E-state index < -0.39 is 55.0 Å². The molecule has 3 amide bonds. The van der Waals surface area contributed by atoms with E-state index in [9.17, 15) is 24.3 Å². The number of aliphatic hydroxyl groups is 1. The first-order valence-electron chi connectivity index (χ1n) is 7.21. The van der Waals surface area contributed by atoms with Crippen molar-refractivity contribution in [2.24, 2.45) is 11.7 Å². The van der Waals surface area contributed by atoms with Crippen LogP contribution in [-0.2, 0) is 19.2 Å². The first kappa shape index (κ1) is 22.1. The minimum Gasteiger partial charge on any atom is -0.480 e. The van der Waals surface area contributed by atoms with Crippen molar-refractivity contribution < 1.29 is 29.4 Å². The van der Waals surface area contributed by atoms with Crippen LogP contribution in [0.15, 0.2) is 0 Å². The molecule has 0 saturated heterocycles. The van der Waals surface area contributed by atoms with Crippen molar-refractivity contribution in [3.05, 3.63) is 0 Å². The molecule has 0 aromatic rings. The second kappa shape index (κ2) is 10.8. The fraction of sp³-hybridized carbons (Fsp3) is 0.692. The third-order valence-electron chi connectivity index (χ3n) is 3.07. The lowest BCUT2D eigenvalue weighted by molar-refractivity contribution is -0.138. The SMILES string of the molecule is CC(C)C(N)C(=O)NC(CO)C(=O)NC(CS)C(=O)NCC(=O)O. The molecule has 3 unspecified atom stereocenters. The topological polar surface area (TPSA) is 171 Å². The minimum absolute atomic E-state index is 0.102. The molecule has 24 heavy (non-hydrogen) atoms. The third-order valence-corrected chi connectivity index (χ3v) is 3.43. The number of aliphatic hydroxyl groups excluding tert-OH is 1. The lowest BCUT2D eigenvalue weighted by Crippen LogP contribution is -2.58.